The van der Waals surface area contributed by atoms with Crippen LogP contribution in [-0.2, 0) is 9.53 Å². The third-order valence-corrected chi connectivity index (χ3v) is 4.54. The first kappa shape index (κ1) is 25.1. The largest absolute Gasteiger partial charge is 0.394 e. The molecule has 0 aromatic rings. The molecule has 2 atom stereocenters. The van der Waals surface area contributed by atoms with Crippen molar-refractivity contribution in [2.45, 2.75) is 96.1 Å². The van der Waals surface area contributed by atoms with E-state index in [1.807, 2.05) is 6.08 Å². The highest BCUT2D eigenvalue weighted by Crippen LogP contribution is 2.12. The number of unbranched alkanes of at least 4 members (excludes halogenated alkanes) is 11. The molecule has 1 amide bonds. The standard InChI is InChI=1S/C21H41NO4/c1-3-4-5-6-7-8-9-10-11-12-13-14-15-16-20(24)19(17-23)22-21(25)18-26-2/h15-16,19-20,23-24H,3-14,17-18H2,1-2H3,(H,22,25). The Kier molecular flexibility index (Phi) is 18.2. The van der Waals surface area contributed by atoms with Gasteiger partial charge in [-0.3, -0.25) is 4.79 Å². The van der Waals surface area contributed by atoms with E-state index in [0.29, 0.717) is 0 Å². The number of carbonyl (C=O) groups is 1. The molecule has 3 N–H and O–H groups in total. The van der Waals surface area contributed by atoms with Gasteiger partial charge in [-0.2, -0.15) is 0 Å². The Labute approximate surface area is 160 Å². The summed E-state index contributed by atoms with van der Waals surface area (Å²) >= 11 is 0. The van der Waals surface area contributed by atoms with E-state index < -0.39 is 12.1 Å². The van der Waals surface area contributed by atoms with Crippen molar-refractivity contribution in [1.82, 2.24) is 5.32 Å². The van der Waals surface area contributed by atoms with Gasteiger partial charge in [0, 0.05) is 7.11 Å². The predicted octanol–water partition coefficient (Wildman–Crippen LogP) is 3.73. The highest BCUT2D eigenvalue weighted by molar-refractivity contribution is 5.77. The zero-order valence-corrected chi connectivity index (χ0v) is 16.9. The molecule has 0 heterocycles. The van der Waals surface area contributed by atoms with E-state index >= 15 is 0 Å². The molecule has 0 aliphatic rings. The van der Waals surface area contributed by atoms with Crippen molar-refractivity contribution in [2.75, 3.05) is 20.3 Å². The van der Waals surface area contributed by atoms with Crippen LogP contribution in [0.25, 0.3) is 0 Å². The molecule has 0 aromatic heterocycles. The maximum absolute atomic E-state index is 11.4. The van der Waals surface area contributed by atoms with Gasteiger partial charge in [0.2, 0.25) is 5.91 Å². The first-order valence-electron chi connectivity index (χ1n) is 10.4. The predicted molar refractivity (Wildman–Crippen MR) is 107 cm³/mol. The minimum atomic E-state index is -0.881. The monoisotopic (exact) mass is 371 g/mol. The number of nitrogens with one attached hydrogen (secondary N) is 1. The van der Waals surface area contributed by atoms with Gasteiger partial charge >= 0.3 is 0 Å². The van der Waals surface area contributed by atoms with Gasteiger partial charge in [-0.15, -0.1) is 0 Å². The smallest absolute Gasteiger partial charge is 0.246 e. The highest BCUT2D eigenvalue weighted by atomic mass is 16.5. The molecule has 5 nitrogen and oxygen atoms in total. The van der Waals surface area contributed by atoms with Crippen LogP contribution < -0.4 is 5.32 Å². The summed E-state index contributed by atoms with van der Waals surface area (Å²) in [6, 6.07) is -0.689. The first-order valence-corrected chi connectivity index (χ1v) is 10.4. The second-order valence-corrected chi connectivity index (χ2v) is 7.03. The Hall–Kier alpha value is -0.910. The normalized spacial score (nSPS) is 13.8. The molecular formula is C21H41NO4. The minimum absolute atomic E-state index is 0.0777. The average molecular weight is 372 g/mol. The van der Waals surface area contributed by atoms with Crippen LogP contribution in [0.3, 0.4) is 0 Å². The number of allylic oxidation sites excluding steroid dienone is 1. The Morgan fingerprint density at radius 3 is 2.04 bits per heavy atom. The molecule has 0 fully saturated rings. The summed E-state index contributed by atoms with van der Waals surface area (Å²) in [5, 5.41) is 21.8. The van der Waals surface area contributed by atoms with E-state index in [4.69, 9.17) is 4.74 Å². The summed E-state index contributed by atoms with van der Waals surface area (Å²) in [5.74, 6) is -0.343. The van der Waals surface area contributed by atoms with Crippen LogP contribution in [0.4, 0.5) is 0 Å². The molecule has 0 bridgehead atoms. The van der Waals surface area contributed by atoms with E-state index in [2.05, 4.69) is 12.2 Å². The number of aliphatic hydroxyl groups excluding tert-OH is 2. The molecule has 154 valence electrons. The van der Waals surface area contributed by atoms with Crippen molar-refractivity contribution in [3.63, 3.8) is 0 Å². The van der Waals surface area contributed by atoms with Crippen LogP contribution in [0.2, 0.25) is 0 Å². The topological polar surface area (TPSA) is 78.8 Å². The molecule has 0 rings (SSSR count). The fraction of sp³-hybridized carbons (Fsp3) is 0.857. The van der Waals surface area contributed by atoms with Crippen molar-refractivity contribution >= 4 is 5.91 Å². The zero-order chi connectivity index (χ0) is 19.5. The fourth-order valence-corrected chi connectivity index (χ4v) is 2.91. The number of hydrogen-bond donors (Lipinski definition) is 3. The number of amides is 1. The summed E-state index contributed by atoms with van der Waals surface area (Å²) in [5.41, 5.74) is 0. The van der Waals surface area contributed by atoms with Gasteiger partial charge in [0.1, 0.15) is 6.61 Å². The van der Waals surface area contributed by atoms with Crippen molar-refractivity contribution in [3.05, 3.63) is 12.2 Å². The summed E-state index contributed by atoms with van der Waals surface area (Å²) in [6.45, 7) is 1.87. The highest BCUT2D eigenvalue weighted by Gasteiger charge is 2.17. The molecule has 0 spiro atoms. The van der Waals surface area contributed by atoms with Crippen LogP contribution >= 0.6 is 0 Å². The quantitative estimate of drug-likeness (QED) is 0.253. The zero-order valence-electron chi connectivity index (χ0n) is 16.9. The molecule has 2 unspecified atom stereocenters. The molecule has 0 radical (unpaired) electrons. The van der Waals surface area contributed by atoms with E-state index in [1.165, 1.54) is 71.3 Å². The van der Waals surface area contributed by atoms with Crippen LogP contribution in [0, 0.1) is 0 Å². The molecule has 0 aromatic carbocycles. The van der Waals surface area contributed by atoms with Gasteiger partial charge in [-0.05, 0) is 12.8 Å². The van der Waals surface area contributed by atoms with E-state index in [0.717, 1.165) is 12.8 Å². The summed E-state index contributed by atoms with van der Waals surface area (Å²) in [6.07, 6.45) is 18.1. The van der Waals surface area contributed by atoms with Crippen molar-refractivity contribution < 1.29 is 19.7 Å². The number of hydrogen-bond acceptors (Lipinski definition) is 4. The first-order chi connectivity index (χ1) is 12.7. The lowest BCUT2D eigenvalue weighted by atomic mass is 10.0. The van der Waals surface area contributed by atoms with Crippen molar-refractivity contribution in [3.8, 4) is 0 Å². The third kappa shape index (κ3) is 15.4. The molecule has 0 aliphatic heterocycles. The van der Waals surface area contributed by atoms with Crippen molar-refractivity contribution in [2.24, 2.45) is 0 Å². The van der Waals surface area contributed by atoms with Gasteiger partial charge in [-0.1, -0.05) is 83.3 Å². The Balaban J connectivity index is 3.59. The van der Waals surface area contributed by atoms with E-state index in [-0.39, 0.29) is 19.1 Å². The molecule has 0 saturated heterocycles. The molecule has 26 heavy (non-hydrogen) atoms. The van der Waals surface area contributed by atoms with E-state index in [1.54, 1.807) is 6.08 Å². The third-order valence-electron chi connectivity index (χ3n) is 4.54. The number of carbonyl (C=O) groups excluding carboxylic acids is 1. The lowest BCUT2D eigenvalue weighted by Gasteiger charge is -2.19. The summed E-state index contributed by atoms with van der Waals surface area (Å²) in [7, 11) is 1.43. The van der Waals surface area contributed by atoms with Gasteiger partial charge < -0.3 is 20.3 Å². The lowest BCUT2D eigenvalue weighted by Crippen LogP contribution is -2.46. The number of ether oxygens (including phenoxy) is 1. The number of methoxy groups -OCH3 is 1. The van der Waals surface area contributed by atoms with Gasteiger partial charge in [0.15, 0.2) is 0 Å². The maximum Gasteiger partial charge on any atom is 0.246 e. The minimum Gasteiger partial charge on any atom is -0.394 e. The molecule has 5 heteroatoms. The van der Waals surface area contributed by atoms with Gasteiger partial charge in [0.25, 0.3) is 0 Å². The molecular weight excluding hydrogens is 330 g/mol. The van der Waals surface area contributed by atoms with E-state index in [9.17, 15) is 15.0 Å². The summed E-state index contributed by atoms with van der Waals surface area (Å²) in [4.78, 5) is 11.4. The summed E-state index contributed by atoms with van der Waals surface area (Å²) < 4.78 is 4.72. The SMILES string of the molecule is CCCCCCCCCCCCCC=CC(O)C(CO)NC(=O)COC. The van der Waals surface area contributed by atoms with Crippen LogP contribution in [0.1, 0.15) is 84.0 Å². The van der Waals surface area contributed by atoms with Crippen LogP contribution in [0.5, 0.6) is 0 Å². The van der Waals surface area contributed by atoms with Gasteiger partial charge in [0.05, 0.1) is 18.8 Å². The number of rotatable bonds is 18. The molecule has 0 aliphatic carbocycles. The van der Waals surface area contributed by atoms with Crippen molar-refractivity contribution in [1.29, 1.82) is 0 Å². The second-order valence-electron chi connectivity index (χ2n) is 7.03. The molecule has 0 saturated carbocycles. The lowest BCUT2D eigenvalue weighted by molar-refractivity contribution is -0.126. The average Bonchev–Trinajstić information content (AvgIpc) is 2.63. The Morgan fingerprint density at radius 1 is 1.00 bits per heavy atom. The van der Waals surface area contributed by atoms with Gasteiger partial charge in [-0.25, -0.2) is 0 Å². The fourth-order valence-electron chi connectivity index (χ4n) is 2.91. The van der Waals surface area contributed by atoms with Crippen LogP contribution in [-0.4, -0.2) is 48.6 Å². The maximum atomic E-state index is 11.4. The Bertz CT molecular complexity index is 347. The Morgan fingerprint density at radius 2 is 1.54 bits per heavy atom. The second kappa shape index (κ2) is 18.9. The van der Waals surface area contributed by atoms with Crippen LogP contribution in [0.15, 0.2) is 12.2 Å². The number of aliphatic hydroxyl groups is 2.